The Morgan fingerprint density at radius 3 is 2.18 bits per heavy atom. The van der Waals surface area contributed by atoms with E-state index in [1.54, 1.807) is 6.33 Å². The highest BCUT2D eigenvalue weighted by molar-refractivity contribution is 5.79. The molecule has 0 aromatic carbocycles. The van der Waals surface area contributed by atoms with Crippen molar-refractivity contribution in [2.45, 2.75) is 39.0 Å². The number of morpholine rings is 1. The van der Waals surface area contributed by atoms with Gasteiger partial charge in [-0.2, -0.15) is 0 Å². The van der Waals surface area contributed by atoms with Crippen LogP contribution < -0.4 is 9.80 Å². The van der Waals surface area contributed by atoms with E-state index in [4.69, 9.17) is 4.74 Å². The lowest BCUT2D eigenvalue weighted by molar-refractivity contribution is -0.137. The molecule has 0 N–H and O–H groups in total. The van der Waals surface area contributed by atoms with Gasteiger partial charge >= 0.3 is 0 Å². The molecule has 7 nitrogen and oxygen atoms in total. The first-order chi connectivity index (χ1) is 13.7. The highest BCUT2D eigenvalue weighted by Gasteiger charge is 2.31. The Labute approximate surface area is 168 Å². The van der Waals surface area contributed by atoms with Crippen molar-refractivity contribution >= 4 is 17.5 Å². The molecule has 0 spiro atoms. The van der Waals surface area contributed by atoms with Crippen molar-refractivity contribution in [3.05, 3.63) is 12.4 Å². The first kappa shape index (κ1) is 19.4. The van der Waals surface area contributed by atoms with Gasteiger partial charge in [-0.15, -0.1) is 0 Å². The number of carbonyl (C=O) groups excluding carboxylic acids is 1. The van der Waals surface area contributed by atoms with Crippen LogP contribution in [0.15, 0.2) is 12.4 Å². The van der Waals surface area contributed by atoms with Crippen LogP contribution in [0.1, 0.15) is 39.0 Å². The van der Waals surface area contributed by atoms with Gasteiger partial charge in [-0.05, 0) is 31.6 Å². The number of anilines is 2. The van der Waals surface area contributed by atoms with Gasteiger partial charge in [-0.1, -0.05) is 13.3 Å². The van der Waals surface area contributed by atoms with Gasteiger partial charge in [-0.25, -0.2) is 9.97 Å². The van der Waals surface area contributed by atoms with Crippen molar-refractivity contribution in [3.63, 3.8) is 0 Å². The van der Waals surface area contributed by atoms with Gasteiger partial charge in [-0.3, -0.25) is 4.79 Å². The highest BCUT2D eigenvalue weighted by Crippen LogP contribution is 2.27. The minimum Gasteiger partial charge on any atom is -0.378 e. The molecule has 3 aliphatic rings. The van der Waals surface area contributed by atoms with E-state index < -0.39 is 0 Å². The van der Waals surface area contributed by atoms with Gasteiger partial charge in [0.25, 0.3) is 0 Å². The number of rotatable bonds is 4. The molecule has 0 saturated carbocycles. The Kier molecular flexibility index (Phi) is 6.29. The molecule has 3 saturated heterocycles. The molecule has 7 heteroatoms. The molecule has 0 atom stereocenters. The van der Waals surface area contributed by atoms with Crippen LogP contribution in [-0.4, -0.2) is 73.3 Å². The minimum absolute atomic E-state index is 0.176. The fourth-order valence-electron chi connectivity index (χ4n) is 4.65. The second-order valence-corrected chi connectivity index (χ2v) is 8.27. The van der Waals surface area contributed by atoms with Crippen LogP contribution >= 0.6 is 0 Å². The summed E-state index contributed by atoms with van der Waals surface area (Å²) in [5, 5.41) is 0. The van der Waals surface area contributed by atoms with Crippen LogP contribution in [0.4, 0.5) is 11.6 Å². The molecule has 1 amide bonds. The molecule has 4 rings (SSSR count). The quantitative estimate of drug-likeness (QED) is 0.789. The number of nitrogens with zero attached hydrogens (tertiary/aromatic N) is 5. The monoisotopic (exact) mass is 387 g/mol. The van der Waals surface area contributed by atoms with Crippen molar-refractivity contribution in [1.82, 2.24) is 14.9 Å². The van der Waals surface area contributed by atoms with E-state index in [1.807, 2.05) is 0 Å². The Balaban J connectivity index is 1.31. The van der Waals surface area contributed by atoms with Gasteiger partial charge in [0.15, 0.2) is 0 Å². The Morgan fingerprint density at radius 2 is 1.57 bits per heavy atom. The molecule has 1 aromatic heterocycles. The normalized spacial score (nSPS) is 22.5. The predicted molar refractivity (Wildman–Crippen MR) is 110 cm³/mol. The minimum atomic E-state index is 0.176. The number of likely N-dealkylation sites (tertiary alicyclic amines) is 1. The van der Waals surface area contributed by atoms with Crippen molar-refractivity contribution in [2.24, 2.45) is 11.8 Å². The molecule has 4 heterocycles. The van der Waals surface area contributed by atoms with E-state index in [0.29, 0.717) is 5.91 Å². The lowest BCUT2D eigenvalue weighted by atomic mass is 9.91. The van der Waals surface area contributed by atoms with Crippen LogP contribution in [0, 0.1) is 11.8 Å². The van der Waals surface area contributed by atoms with Gasteiger partial charge < -0.3 is 19.4 Å². The van der Waals surface area contributed by atoms with Crippen molar-refractivity contribution in [2.75, 3.05) is 62.3 Å². The zero-order chi connectivity index (χ0) is 19.3. The molecular weight excluding hydrogens is 354 g/mol. The second-order valence-electron chi connectivity index (χ2n) is 8.27. The first-order valence-electron chi connectivity index (χ1n) is 10.9. The Hall–Kier alpha value is -1.89. The lowest BCUT2D eigenvalue weighted by Gasteiger charge is -2.37. The molecule has 3 aliphatic heterocycles. The van der Waals surface area contributed by atoms with Crippen molar-refractivity contribution in [3.8, 4) is 0 Å². The van der Waals surface area contributed by atoms with Gasteiger partial charge in [0.2, 0.25) is 5.91 Å². The average Bonchev–Trinajstić information content (AvgIpc) is 2.79. The summed E-state index contributed by atoms with van der Waals surface area (Å²) >= 11 is 0. The third-order valence-corrected chi connectivity index (χ3v) is 6.65. The molecule has 154 valence electrons. The number of amides is 1. The van der Waals surface area contributed by atoms with E-state index in [9.17, 15) is 4.79 Å². The Morgan fingerprint density at radius 1 is 0.964 bits per heavy atom. The summed E-state index contributed by atoms with van der Waals surface area (Å²) in [5.74, 6) is 3.32. The maximum Gasteiger partial charge on any atom is 0.225 e. The molecule has 0 aliphatic carbocycles. The fourth-order valence-corrected chi connectivity index (χ4v) is 4.65. The molecule has 1 aromatic rings. The number of hydrogen-bond donors (Lipinski definition) is 0. The predicted octanol–water partition coefficient (Wildman–Crippen LogP) is 2.18. The molecule has 28 heavy (non-hydrogen) atoms. The van der Waals surface area contributed by atoms with Crippen LogP contribution in [0.25, 0.3) is 0 Å². The van der Waals surface area contributed by atoms with E-state index in [-0.39, 0.29) is 5.92 Å². The maximum atomic E-state index is 12.9. The number of ether oxygens (including phenoxy) is 1. The van der Waals surface area contributed by atoms with Crippen LogP contribution in [0.2, 0.25) is 0 Å². The fraction of sp³-hybridized carbons (Fsp3) is 0.762. The number of carbonyl (C=O) groups is 1. The van der Waals surface area contributed by atoms with Gasteiger partial charge in [0.05, 0.1) is 13.2 Å². The molecule has 0 radical (unpaired) electrons. The summed E-state index contributed by atoms with van der Waals surface area (Å²) in [7, 11) is 0. The summed E-state index contributed by atoms with van der Waals surface area (Å²) < 4.78 is 5.43. The summed E-state index contributed by atoms with van der Waals surface area (Å²) in [5.41, 5.74) is 0. The lowest BCUT2D eigenvalue weighted by Crippen LogP contribution is -2.45. The number of aromatic nitrogens is 2. The van der Waals surface area contributed by atoms with Crippen LogP contribution in [0.5, 0.6) is 0 Å². The number of hydrogen-bond acceptors (Lipinski definition) is 6. The summed E-state index contributed by atoms with van der Waals surface area (Å²) in [6, 6.07) is 2.09. The van der Waals surface area contributed by atoms with E-state index in [0.717, 1.165) is 82.9 Å². The summed E-state index contributed by atoms with van der Waals surface area (Å²) in [6.45, 7) is 9.20. The van der Waals surface area contributed by atoms with Crippen LogP contribution in [0.3, 0.4) is 0 Å². The van der Waals surface area contributed by atoms with Crippen molar-refractivity contribution < 1.29 is 9.53 Å². The largest absolute Gasteiger partial charge is 0.378 e. The zero-order valence-electron chi connectivity index (χ0n) is 17.1. The molecule has 0 unspecified atom stereocenters. The van der Waals surface area contributed by atoms with E-state index in [1.165, 1.54) is 19.3 Å². The topological polar surface area (TPSA) is 61.8 Å². The highest BCUT2D eigenvalue weighted by atomic mass is 16.5. The summed E-state index contributed by atoms with van der Waals surface area (Å²) in [6.07, 6.45) is 7.09. The standard InChI is InChI=1S/C21H33N5O2/c1-2-17-3-7-26(8-4-17)21(27)18-5-9-24(10-6-18)19-15-20(23-16-22-19)25-11-13-28-14-12-25/h15-18H,2-14H2,1H3. The molecule has 3 fully saturated rings. The maximum absolute atomic E-state index is 12.9. The van der Waals surface area contributed by atoms with E-state index >= 15 is 0 Å². The van der Waals surface area contributed by atoms with Crippen LogP contribution in [-0.2, 0) is 9.53 Å². The van der Waals surface area contributed by atoms with E-state index in [2.05, 4.69) is 37.7 Å². The average molecular weight is 388 g/mol. The zero-order valence-corrected chi connectivity index (χ0v) is 17.1. The second kappa shape index (κ2) is 9.07. The third kappa shape index (κ3) is 4.40. The SMILES string of the molecule is CCC1CCN(C(=O)C2CCN(c3cc(N4CCOCC4)ncn3)CC2)CC1. The number of piperidine rings is 2. The third-order valence-electron chi connectivity index (χ3n) is 6.65. The van der Waals surface area contributed by atoms with Gasteiger partial charge in [0.1, 0.15) is 18.0 Å². The summed E-state index contributed by atoms with van der Waals surface area (Å²) in [4.78, 5) is 28.5. The smallest absolute Gasteiger partial charge is 0.225 e. The van der Waals surface area contributed by atoms with Gasteiger partial charge in [0, 0.05) is 51.3 Å². The molecule has 0 bridgehead atoms. The molecular formula is C21H33N5O2. The Bertz CT molecular complexity index is 648. The first-order valence-corrected chi connectivity index (χ1v) is 10.9. The van der Waals surface area contributed by atoms with Crippen molar-refractivity contribution in [1.29, 1.82) is 0 Å².